The Balaban J connectivity index is 1.99. The lowest BCUT2D eigenvalue weighted by atomic mass is 9.98. The molecule has 2 N–H and O–H groups in total. The molecule has 1 aromatic heterocycles. The molecule has 1 unspecified atom stereocenters. The highest BCUT2D eigenvalue weighted by Gasteiger charge is 2.21. The summed E-state index contributed by atoms with van der Waals surface area (Å²) < 4.78 is 10.7. The maximum Gasteiger partial charge on any atom is 0.308 e. The average molecular weight is 372 g/mol. The number of methoxy groups -OCH3 is 1. The molecular formula is C20H24N2O5. The van der Waals surface area contributed by atoms with Crippen LogP contribution >= 0.6 is 0 Å². The summed E-state index contributed by atoms with van der Waals surface area (Å²) >= 11 is 0. The molecule has 0 fully saturated rings. The molecule has 0 aliphatic rings. The van der Waals surface area contributed by atoms with Gasteiger partial charge in [0.1, 0.15) is 5.75 Å². The Bertz CT molecular complexity index is 774. The van der Waals surface area contributed by atoms with E-state index in [1.807, 2.05) is 32.0 Å². The third-order valence-corrected chi connectivity index (χ3v) is 3.87. The van der Waals surface area contributed by atoms with Crippen LogP contribution in [0.15, 0.2) is 42.6 Å². The number of nitrogens with one attached hydrogen (secondary N) is 1. The summed E-state index contributed by atoms with van der Waals surface area (Å²) in [5.74, 6) is -1.09. The van der Waals surface area contributed by atoms with E-state index in [1.165, 1.54) is 13.3 Å². The van der Waals surface area contributed by atoms with E-state index < -0.39 is 11.9 Å². The Hall–Kier alpha value is -3.09. The Morgan fingerprint density at radius 1 is 1.19 bits per heavy atom. The van der Waals surface area contributed by atoms with Crippen molar-refractivity contribution >= 4 is 11.9 Å². The van der Waals surface area contributed by atoms with Crippen LogP contribution in [0.25, 0.3) is 0 Å². The van der Waals surface area contributed by atoms with Crippen molar-refractivity contribution in [2.45, 2.75) is 26.4 Å². The maximum absolute atomic E-state index is 12.3. The Labute approximate surface area is 158 Å². The van der Waals surface area contributed by atoms with Crippen molar-refractivity contribution in [2.24, 2.45) is 5.92 Å². The molecule has 27 heavy (non-hydrogen) atoms. The first-order valence-electron chi connectivity index (χ1n) is 8.66. The predicted octanol–water partition coefficient (Wildman–Crippen LogP) is 2.55. The highest BCUT2D eigenvalue weighted by molar-refractivity contribution is 5.94. The number of rotatable bonds is 9. The first-order valence-corrected chi connectivity index (χ1v) is 8.66. The third-order valence-electron chi connectivity index (χ3n) is 3.87. The molecule has 1 aromatic carbocycles. The molecule has 2 aromatic rings. The number of amides is 1. The van der Waals surface area contributed by atoms with E-state index in [4.69, 9.17) is 9.47 Å². The number of aromatic nitrogens is 1. The molecule has 0 aliphatic carbocycles. The van der Waals surface area contributed by atoms with E-state index >= 15 is 0 Å². The summed E-state index contributed by atoms with van der Waals surface area (Å²) in [7, 11) is 1.54. The lowest BCUT2D eigenvalue weighted by Gasteiger charge is -2.15. The predicted molar refractivity (Wildman–Crippen MR) is 100 cm³/mol. The molecule has 0 saturated carbocycles. The largest absolute Gasteiger partial charge is 0.496 e. The second-order valence-corrected chi connectivity index (χ2v) is 6.31. The van der Waals surface area contributed by atoms with E-state index in [2.05, 4.69) is 10.3 Å². The minimum absolute atomic E-state index is 0.00351. The van der Waals surface area contributed by atoms with Crippen LogP contribution in [0.5, 0.6) is 11.6 Å². The number of carboxylic acid groups (broad SMARTS) is 1. The van der Waals surface area contributed by atoms with Crippen molar-refractivity contribution in [1.82, 2.24) is 10.3 Å². The summed E-state index contributed by atoms with van der Waals surface area (Å²) in [4.78, 5) is 27.9. The number of carbonyl (C=O) groups is 2. The SMILES string of the molecule is COc1ccccc1CC(CNC(=O)c1ccc(OC(C)C)nc1)C(=O)O. The molecule has 1 heterocycles. The standard InChI is InChI=1S/C20H24N2O5/c1-13(2)27-18-9-8-15(11-21-18)19(23)22-12-16(20(24)25)10-14-6-4-5-7-17(14)26-3/h4-9,11,13,16H,10,12H2,1-3H3,(H,22,23)(H,24,25). The van der Waals surface area contributed by atoms with Gasteiger partial charge in [0.25, 0.3) is 5.91 Å². The first kappa shape index (κ1) is 20.2. The van der Waals surface area contributed by atoms with Crippen LogP contribution in [0.4, 0.5) is 0 Å². The van der Waals surface area contributed by atoms with Gasteiger partial charge in [-0.15, -0.1) is 0 Å². The van der Waals surface area contributed by atoms with Crippen LogP contribution in [-0.2, 0) is 11.2 Å². The lowest BCUT2D eigenvalue weighted by Crippen LogP contribution is -2.34. The molecule has 7 heteroatoms. The average Bonchev–Trinajstić information content (AvgIpc) is 2.65. The molecule has 0 radical (unpaired) electrons. The van der Waals surface area contributed by atoms with Crippen molar-refractivity contribution in [3.8, 4) is 11.6 Å². The van der Waals surface area contributed by atoms with Crippen LogP contribution < -0.4 is 14.8 Å². The van der Waals surface area contributed by atoms with Crippen molar-refractivity contribution in [3.63, 3.8) is 0 Å². The van der Waals surface area contributed by atoms with Crippen LogP contribution in [0.1, 0.15) is 29.8 Å². The number of benzene rings is 1. The molecular weight excluding hydrogens is 348 g/mol. The van der Waals surface area contributed by atoms with Gasteiger partial charge in [-0.25, -0.2) is 4.98 Å². The highest BCUT2D eigenvalue weighted by Crippen LogP contribution is 2.21. The molecule has 0 aliphatic heterocycles. The molecule has 7 nitrogen and oxygen atoms in total. The van der Waals surface area contributed by atoms with Gasteiger partial charge < -0.3 is 19.9 Å². The number of hydrogen-bond donors (Lipinski definition) is 2. The smallest absolute Gasteiger partial charge is 0.308 e. The molecule has 144 valence electrons. The lowest BCUT2D eigenvalue weighted by molar-refractivity contribution is -0.141. The van der Waals surface area contributed by atoms with E-state index in [0.717, 1.165) is 5.56 Å². The number of para-hydroxylation sites is 1. The highest BCUT2D eigenvalue weighted by atomic mass is 16.5. The van der Waals surface area contributed by atoms with Gasteiger partial charge in [0.15, 0.2) is 0 Å². The zero-order valence-electron chi connectivity index (χ0n) is 15.6. The van der Waals surface area contributed by atoms with Gasteiger partial charge in [0.2, 0.25) is 5.88 Å². The van der Waals surface area contributed by atoms with Crippen LogP contribution in [-0.4, -0.2) is 41.7 Å². The fourth-order valence-corrected chi connectivity index (χ4v) is 2.53. The molecule has 1 atom stereocenters. The summed E-state index contributed by atoms with van der Waals surface area (Å²) in [5.41, 5.74) is 1.12. The van der Waals surface area contributed by atoms with Gasteiger partial charge >= 0.3 is 5.97 Å². The van der Waals surface area contributed by atoms with Gasteiger partial charge in [-0.1, -0.05) is 18.2 Å². The zero-order chi connectivity index (χ0) is 19.8. The van der Waals surface area contributed by atoms with Crippen LogP contribution in [0, 0.1) is 5.92 Å². The Morgan fingerprint density at radius 3 is 2.52 bits per heavy atom. The first-order chi connectivity index (χ1) is 12.9. The quantitative estimate of drug-likeness (QED) is 0.702. The number of carboxylic acids is 1. The van der Waals surface area contributed by atoms with Crippen molar-refractivity contribution in [1.29, 1.82) is 0 Å². The van der Waals surface area contributed by atoms with E-state index in [-0.39, 0.29) is 25.0 Å². The molecule has 0 saturated heterocycles. The summed E-state index contributed by atoms with van der Waals surface area (Å²) in [6.07, 6.45) is 1.64. The zero-order valence-corrected chi connectivity index (χ0v) is 15.6. The van der Waals surface area contributed by atoms with Gasteiger partial charge in [0.05, 0.1) is 24.7 Å². The number of pyridine rings is 1. The third kappa shape index (κ3) is 5.99. The number of nitrogens with zero attached hydrogens (tertiary/aromatic N) is 1. The van der Waals surface area contributed by atoms with Gasteiger partial charge in [-0.2, -0.15) is 0 Å². The van der Waals surface area contributed by atoms with E-state index in [9.17, 15) is 14.7 Å². The second kappa shape index (κ2) is 9.56. The van der Waals surface area contributed by atoms with E-state index in [0.29, 0.717) is 17.2 Å². The Morgan fingerprint density at radius 2 is 1.93 bits per heavy atom. The Kier molecular flexibility index (Phi) is 7.16. The topological polar surface area (TPSA) is 97.8 Å². The minimum Gasteiger partial charge on any atom is -0.496 e. The molecule has 0 bridgehead atoms. The number of ether oxygens (including phenoxy) is 2. The summed E-state index contributed by atoms with van der Waals surface area (Å²) in [5, 5.41) is 12.1. The van der Waals surface area contributed by atoms with Crippen LogP contribution in [0.2, 0.25) is 0 Å². The van der Waals surface area contributed by atoms with Crippen molar-refractivity contribution < 1.29 is 24.2 Å². The molecule has 2 rings (SSSR count). The maximum atomic E-state index is 12.3. The fraction of sp³-hybridized carbons (Fsp3) is 0.350. The number of hydrogen-bond acceptors (Lipinski definition) is 5. The minimum atomic E-state index is -0.986. The fourth-order valence-electron chi connectivity index (χ4n) is 2.53. The number of aliphatic carboxylic acids is 1. The van der Waals surface area contributed by atoms with Crippen molar-refractivity contribution in [3.05, 3.63) is 53.7 Å². The van der Waals surface area contributed by atoms with Gasteiger partial charge in [-0.05, 0) is 38.0 Å². The number of carbonyl (C=O) groups excluding carboxylic acids is 1. The van der Waals surface area contributed by atoms with Crippen LogP contribution in [0.3, 0.4) is 0 Å². The van der Waals surface area contributed by atoms with Gasteiger partial charge in [0, 0.05) is 18.8 Å². The monoisotopic (exact) mass is 372 g/mol. The molecule has 0 spiro atoms. The van der Waals surface area contributed by atoms with E-state index in [1.54, 1.807) is 18.2 Å². The van der Waals surface area contributed by atoms with Gasteiger partial charge in [-0.3, -0.25) is 9.59 Å². The normalized spacial score (nSPS) is 11.7. The summed E-state index contributed by atoms with van der Waals surface area (Å²) in [6.45, 7) is 3.77. The second-order valence-electron chi connectivity index (χ2n) is 6.31. The van der Waals surface area contributed by atoms with Crippen molar-refractivity contribution in [2.75, 3.05) is 13.7 Å². The summed E-state index contributed by atoms with van der Waals surface area (Å²) in [6, 6.07) is 10.4. The molecule has 1 amide bonds.